The molecule has 3 nitrogen and oxygen atoms in total. The Hall–Kier alpha value is -0.120. The number of piperidine rings is 1. The topological polar surface area (TPSA) is 24.5 Å². The van der Waals surface area contributed by atoms with Crippen molar-refractivity contribution in [3.05, 3.63) is 0 Å². The van der Waals surface area contributed by atoms with Gasteiger partial charge in [0, 0.05) is 25.7 Å². The van der Waals surface area contributed by atoms with Crippen LogP contribution in [0.2, 0.25) is 0 Å². The van der Waals surface area contributed by atoms with Gasteiger partial charge in [-0.1, -0.05) is 20.8 Å². The third kappa shape index (κ3) is 5.25. The fourth-order valence-corrected chi connectivity index (χ4v) is 2.74. The van der Waals surface area contributed by atoms with Gasteiger partial charge in [-0.3, -0.25) is 4.90 Å². The van der Waals surface area contributed by atoms with E-state index in [9.17, 15) is 0 Å². The molecule has 0 spiro atoms. The third-order valence-corrected chi connectivity index (χ3v) is 4.20. The van der Waals surface area contributed by atoms with Gasteiger partial charge in [-0.05, 0) is 45.2 Å². The highest BCUT2D eigenvalue weighted by Gasteiger charge is 2.28. The third-order valence-electron chi connectivity index (χ3n) is 4.20. The fraction of sp³-hybridized carbons (Fsp3) is 1.00. The summed E-state index contributed by atoms with van der Waals surface area (Å²) in [6.45, 7) is 12.6. The van der Waals surface area contributed by atoms with Gasteiger partial charge in [-0.2, -0.15) is 0 Å². The van der Waals surface area contributed by atoms with Gasteiger partial charge in [-0.25, -0.2) is 0 Å². The number of hydrogen-bond acceptors (Lipinski definition) is 3. The molecule has 18 heavy (non-hydrogen) atoms. The summed E-state index contributed by atoms with van der Waals surface area (Å²) in [4.78, 5) is 2.60. The van der Waals surface area contributed by atoms with Crippen LogP contribution in [0.15, 0.2) is 0 Å². The molecule has 1 aliphatic heterocycles. The summed E-state index contributed by atoms with van der Waals surface area (Å²) < 4.78 is 5.59. The van der Waals surface area contributed by atoms with Crippen LogP contribution >= 0.6 is 0 Å². The van der Waals surface area contributed by atoms with E-state index < -0.39 is 0 Å². The first-order chi connectivity index (χ1) is 8.54. The number of nitrogens with one attached hydrogen (secondary N) is 1. The van der Waals surface area contributed by atoms with Gasteiger partial charge < -0.3 is 10.1 Å². The second-order valence-corrected chi connectivity index (χ2v) is 6.14. The van der Waals surface area contributed by atoms with E-state index in [-0.39, 0.29) is 0 Å². The van der Waals surface area contributed by atoms with E-state index in [4.69, 9.17) is 4.74 Å². The highest BCUT2D eigenvalue weighted by Crippen LogP contribution is 2.22. The van der Waals surface area contributed by atoms with Gasteiger partial charge in [0.15, 0.2) is 0 Å². The Labute approximate surface area is 113 Å². The summed E-state index contributed by atoms with van der Waals surface area (Å²) in [5.41, 5.74) is 0. The molecular formula is C15H32N2O. The molecule has 0 aliphatic carbocycles. The molecule has 3 heteroatoms. The molecule has 1 fully saturated rings. The van der Waals surface area contributed by atoms with Crippen LogP contribution in [0.4, 0.5) is 0 Å². The maximum absolute atomic E-state index is 5.59. The van der Waals surface area contributed by atoms with Crippen molar-refractivity contribution in [2.24, 2.45) is 5.92 Å². The zero-order chi connectivity index (χ0) is 13.5. The number of likely N-dealkylation sites (tertiary alicyclic amines) is 1. The lowest BCUT2D eigenvalue weighted by atomic mass is 9.94. The van der Waals surface area contributed by atoms with E-state index in [0.29, 0.717) is 24.1 Å². The number of ether oxygens (including phenoxy) is 1. The van der Waals surface area contributed by atoms with E-state index in [1.807, 2.05) is 7.11 Å². The van der Waals surface area contributed by atoms with Crippen LogP contribution in [0.5, 0.6) is 0 Å². The van der Waals surface area contributed by atoms with E-state index in [1.54, 1.807) is 0 Å². The molecule has 1 aliphatic rings. The minimum atomic E-state index is 0.426. The van der Waals surface area contributed by atoms with E-state index in [2.05, 4.69) is 37.9 Å². The van der Waals surface area contributed by atoms with Crippen LogP contribution in [0.3, 0.4) is 0 Å². The molecule has 0 aromatic rings. The lowest BCUT2D eigenvalue weighted by molar-refractivity contribution is -0.0178. The molecular weight excluding hydrogens is 224 g/mol. The summed E-state index contributed by atoms with van der Waals surface area (Å²) in [6, 6.07) is 1.29. The first-order valence-corrected chi connectivity index (χ1v) is 7.54. The Bertz CT molecular complexity index is 221. The Morgan fingerprint density at radius 1 is 1.33 bits per heavy atom. The SMILES string of the molecule is COC1CN(C(C)CCCNC(C)C)CCC1C. The molecule has 0 bridgehead atoms. The van der Waals surface area contributed by atoms with Crippen LogP contribution in [0.1, 0.15) is 47.0 Å². The predicted molar refractivity (Wildman–Crippen MR) is 78.0 cm³/mol. The maximum Gasteiger partial charge on any atom is 0.0724 e. The molecule has 0 aromatic carbocycles. The van der Waals surface area contributed by atoms with Gasteiger partial charge in [0.25, 0.3) is 0 Å². The lowest BCUT2D eigenvalue weighted by Crippen LogP contribution is -2.47. The van der Waals surface area contributed by atoms with Crippen molar-refractivity contribution < 1.29 is 4.74 Å². The van der Waals surface area contributed by atoms with Crippen LogP contribution in [0.25, 0.3) is 0 Å². The van der Waals surface area contributed by atoms with Crippen molar-refractivity contribution in [1.82, 2.24) is 10.2 Å². The zero-order valence-corrected chi connectivity index (χ0v) is 12.9. The fourth-order valence-electron chi connectivity index (χ4n) is 2.74. The molecule has 108 valence electrons. The predicted octanol–water partition coefficient (Wildman–Crippen LogP) is 2.51. The second kappa shape index (κ2) is 8.13. The molecule has 1 rings (SSSR count). The van der Waals surface area contributed by atoms with Crippen molar-refractivity contribution in [1.29, 1.82) is 0 Å². The average molecular weight is 256 g/mol. The summed E-state index contributed by atoms with van der Waals surface area (Å²) in [5, 5.41) is 3.49. The minimum absolute atomic E-state index is 0.426. The Kier molecular flexibility index (Phi) is 7.20. The van der Waals surface area contributed by atoms with Crippen LogP contribution in [-0.4, -0.2) is 49.8 Å². The summed E-state index contributed by atoms with van der Waals surface area (Å²) in [7, 11) is 1.85. The quantitative estimate of drug-likeness (QED) is 0.708. The molecule has 3 unspecified atom stereocenters. The Balaban J connectivity index is 2.23. The second-order valence-electron chi connectivity index (χ2n) is 6.14. The molecule has 1 saturated heterocycles. The van der Waals surface area contributed by atoms with Crippen molar-refractivity contribution >= 4 is 0 Å². The first-order valence-electron chi connectivity index (χ1n) is 7.54. The van der Waals surface area contributed by atoms with Crippen molar-refractivity contribution in [2.45, 2.75) is 65.1 Å². The van der Waals surface area contributed by atoms with Crippen LogP contribution < -0.4 is 5.32 Å². The summed E-state index contributed by atoms with van der Waals surface area (Å²) in [5.74, 6) is 0.709. The number of hydrogen-bond donors (Lipinski definition) is 1. The van der Waals surface area contributed by atoms with E-state index >= 15 is 0 Å². The van der Waals surface area contributed by atoms with Crippen LogP contribution in [0, 0.1) is 5.92 Å². The van der Waals surface area contributed by atoms with Gasteiger partial charge >= 0.3 is 0 Å². The average Bonchev–Trinajstić information content (AvgIpc) is 2.34. The normalized spacial score (nSPS) is 27.7. The molecule has 1 heterocycles. The van der Waals surface area contributed by atoms with Crippen molar-refractivity contribution in [3.63, 3.8) is 0 Å². The minimum Gasteiger partial charge on any atom is -0.380 e. The highest BCUT2D eigenvalue weighted by molar-refractivity contribution is 4.81. The van der Waals surface area contributed by atoms with E-state index in [1.165, 1.54) is 25.8 Å². The largest absolute Gasteiger partial charge is 0.380 e. The summed E-state index contributed by atoms with van der Waals surface area (Å²) in [6.07, 6.45) is 4.25. The van der Waals surface area contributed by atoms with Crippen LogP contribution in [-0.2, 0) is 4.74 Å². The molecule has 0 amide bonds. The molecule has 0 saturated carbocycles. The molecule has 3 atom stereocenters. The lowest BCUT2D eigenvalue weighted by Gasteiger charge is -2.39. The standard InChI is InChI=1S/C15H32N2O/c1-12(2)16-9-6-7-14(4)17-10-8-13(3)15(11-17)18-5/h12-16H,6-11H2,1-5H3. The van der Waals surface area contributed by atoms with Gasteiger partial charge in [0.1, 0.15) is 0 Å². The summed E-state index contributed by atoms with van der Waals surface area (Å²) >= 11 is 0. The number of nitrogens with zero attached hydrogens (tertiary/aromatic N) is 1. The number of rotatable bonds is 7. The Morgan fingerprint density at radius 2 is 2.06 bits per heavy atom. The smallest absolute Gasteiger partial charge is 0.0724 e. The van der Waals surface area contributed by atoms with Gasteiger partial charge in [0.05, 0.1) is 6.10 Å². The maximum atomic E-state index is 5.59. The van der Waals surface area contributed by atoms with Crippen molar-refractivity contribution in [3.8, 4) is 0 Å². The van der Waals surface area contributed by atoms with Gasteiger partial charge in [-0.15, -0.1) is 0 Å². The molecule has 0 radical (unpaired) electrons. The van der Waals surface area contributed by atoms with Crippen molar-refractivity contribution in [2.75, 3.05) is 26.7 Å². The number of methoxy groups -OCH3 is 1. The highest BCUT2D eigenvalue weighted by atomic mass is 16.5. The Morgan fingerprint density at radius 3 is 2.67 bits per heavy atom. The zero-order valence-electron chi connectivity index (χ0n) is 12.9. The first kappa shape index (κ1) is 15.9. The molecule has 0 aromatic heterocycles. The van der Waals surface area contributed by atoms with Gasteiger partial charge in [0.2, 0.25) is 0 Å². The monoisotopic (exact) mass is 256 g/mol. The molecule has 1 N–H and O–H groups in total. The van der Waals surface area contributed by atoms with E-state index in [0.717, 1.165) is 13.1 Å².